The quantitative estimate of drug-likeness (QED) is 0.352. The Hall–Kier alpha value is -3.46. The summed E-state index contributed by atoms with van der Waals surface area (Å²) in [5.41, 5.74) is 4.74. The summed E-state index contributed by atoms with van der Waals surface area (Å²) in [6.07, 6.45) is 3.48. The average molecular weight is 434 g/mol. The summed E-state index contributed by atoms with van der Waals surface area (Å²) >= 11 is 0. The molecule has 0 bridgehead atoms. The highest BCUT2D eigenvalue weighted by atomic mass is 19.1. The number of aromatic nitrogens is 4. The normalized spacial score (nSPS) is 10.2. The van der Waals surface area contributed by atoms with Crippen LogP contribution in [-0.4, -0.2) is 18.9 Å². The Balaban J connectivity index is 0.000000860. The predicted octanol–water partition coefficient (Wildman–Crippen LogP) is 6.89. The van der Waals surface area contributed by atoms with Crippen molar-refractivity contribution in [2.24, 2.45) is 5.92 Å². The van der Waals surface area contributed by atoms with Gasteiger partial charge in [-0.3, -0.25) is 4.40 Å². The van der Waals surface area contributed by atoms with Crippen LogP contribution in [0.4, 0.5) is 4.39 Å². The fourth-order valence-corrected chi connectivity index (χ4v) is 3.46. The zero-order chi connectivity index (χ0) is 23.8. The topological polar surface area (TPSA) is 58.9 Å². The van der Waals surface area contributed by atoms with E-state index >= 15 is 0 Å². The van der Waals surface area contributed by atoms with Gasteiger partial charge in [0.1, 0.15) is 29.1 Å². The smallest absolute Gasteiger partial charge is 0.144 e. The lowest BCUT2D eigenvalue weighted by Crippen LogP contribution is -2.08. The number of imidazole rings is 2. The number of halogens is 1. The number of fused-ring (bicyclic) bond motifs is 1. The third-order valence-electron chi connectivity index (χ3n) is 4.72. The first-order valence-corrected chi connectivity index (χ1v) is 11.2. The van der Waals surface area contributed by atoms with Gasteiger partial charge in [0.15, 0.2) is 0 Å². The minimum absolute atomic E-state index is 0.276. The molecule has 0 unspecified atom stereocenters. The summed E-state index contributed by atoms with van der Waals surface area (Å²) in [6.45, 7) is 15.1. The van der Waals surface area contributed by atoms with Gasteiger partial charge in [-0.15, -0.1) is 0 Å². The summed E-state index contributed by atoms with van der Waals surface area (Å²) in [7, 11) is 0. The monoisotopic (exact) mass is 433 g/mol. The Bertz CT molecular complexity index is 1190. The Kier molecular flexibility index (Phi) is 8.71. The molecular weight excluding hydrogens is 401 g/mol. The van der Waals surface area contributed by atoms with E-state index in [0.717, 1.165) is 40.5 Å². The lowest BCUT2D eigenvalue weighted by molar-refractivity contribution is 0.517. The van der Waals surface area contributed by atoms with Crippen LogP contribution in [0.5, 0.6) is 0 Å². The van der Waals surface area contributed by atoms with Crippen LogP contribution in [0.3, 0.4) is 0 Å². The summed E-state index contributed by atoms with van der Waals surface area (Å²) in [4.78, 5) is 9.07. The second-order valence-electron chi connectivity index (χ2n) is 7.27. The molecule has 0 amide bonds. The molecule has 3 heterocycles. The molecule has 0 saturated carbocycles. The van der Waals surface area contributed by atoms with Gasteiger partial charge in [-0.2, -0.15) is 5.26 Å². The third-order valence-corrected chi connectivity index (χ3v) is 4.72. The highest BCUT2D eigenvalue weighted by Gasteiger charge is 2.19. The van der Waals surface area contributed by atoms with Crippen molar-refractivity contribution in [3.05, 3.63) is 66.1 Å². The van der Waals surface area contributed by atoms with Crippen LogP contribution >= 0.6 is 0 Å². The number of pyridine rings is 1. The van der Waals surface area contributed by atoms with Gasteiger partial charge < -0.3 is 4.57 Å². The first-order chi connectivity index (χ1) is 15.5. The average Bonchev–Trinajstić information content (AvgIpc) is 3.37. The van der Waals surface area contributed by atoms with Gasteiger partial charge in [0.05, 0.1) is 17.6 Å². The molecule has 0 N–H and O–H groups in total. The van der Waals surface area contributed by atoms with E-state index in [4.69, 9.17) is 4.98 Å². The number of nitrogens with zero attached hydrogens (tertiary/aromatic N) is 5. The zero-order valence-electron chi connectivity index (χ0n) is 20.0. The third kappa shape index (κ3) is 5.05. The van der Waals surface area contributed by atoms with Crippen LogP contribution in [-0.2, 0) is 6.54 Å². The Morgan fingerprint density at radius 3 is 2.22 bits per heavy atom. The molecular formula is C26H32FN5. The molecule has 3 aromatic heterocycles. The summed E-state index contributed by atoms with van der Waals surface area (Å²) in [5, 5.41) is 9.36. The van der Waals surface area contributed by atoms with Crippen molar-refractivity contribution in [2.45, 2.75) is 55.0 Å². The van der Waals surface area contributed by atoms with Crippen molar-refractivity contribution in [2.75, 3.05) is 0 Å². The van der Waals surface area contributed by atoms with Gasteiger partial charge in [-0.05, 0) is 49.2 Å². The maximum Gasteiger partial charge on any atom is 0.144 e. The SMILES string of the molecule is CC.CC.Cc1nc(-c2ccc(F)cc2)c(-c2ccc3ncc(C#N)n3c2)n1CC(C)C. The van der Waals surface area contributed by atoms with Crippen molar-refractivity contribution in [3.8, 4) is 28.6 Å². The molecule has 6 heteroatoms. The molecule has 4 rings (SSSR count). The van der Waals surface area contributed by atoms with E-state index in [1.54, 1.807) is 22.7 Å². The highest BCUT2D eigenvalue weighted by molar-refractivity contribution is 5.79. The van der Waals surface area contributed by atoms with Crippen molar-refractivity contribution in [1.29, 1.82) is 5.26 Å². The van der Waals surface area contributed by atoms with Gasteiger partial charge in [-0.1, -0.05) is 41.5 Å². The summed E-state index contributed by atoms with van der Waals surface area (Å²) in [5.74, 6) is 1.05. The molecule has 0 radical (unpaired) electrons. The van der Waals surface area contributed by atoms with Crippen LogP contribution in [0.2, 0.25) is 0 Å². The maximum absolute atomic E-state index is 13.4. The number of rotatable bonds is 4. The van der Waals surface area contributed by atoms with Gasteiger partial charge in [0, 0.05) is 23.9 Å². The number of hydrogen-bond acceptors (Lipinski definition) is 3. The first kappa shape index (κ1) is 24.8. The van der Waals surface area contributed by atoms with E-state index in [-0.39, 0.29) is 5.82 Å². The van der Waals surface area contributed by atoms with E-state index in [1.165, 1.54) is 12.1 Å². The molecule has 0 atom stereocenters. The Morgan fingerprint density at radius 1 is 1.00 bits per heavy atom. The van der Waals surface area contributed by atoms with Crippen LogP contribution < -0.4 is 0 Å². The molecule has 0 aliphatic rings. The van der Waals surface area contributed by atoms with Crippen molar-refractivity contribution >= 4 is 5.65 Å². The second-order valence-corrected chi connectivity index (χ2v) is 7.27. The lowest BCUT2D eigenvalue weighted by Gasteiger charge is -2.14. The zero-order valence-corrected chi connectivity index (χ0v) is 20.0. The van der Waals surface area contributed by atoms with E-state index in [9.17, 15) is 9.65 Å². The van der Waals surface area contributed by atoms with Gasteiger partial charge in [-0.25, -0.2) is 14.4 Å². The van der Waals surface area contributed by atoms with E-state index in [1.807, 2.05) is 52.9 Å². The molecule has 1 aromatic carbocycles. The van der Waals surface area contributed by atoms with Crippen LogP contribution in [0.25, 0.3) is 28.2 Å². The standard InChI is InChI=1S/C22H20FN5.2C2H6/c1-14(2)12-27-15(3)26-21(16-4-7-18(23)8-5-16)22(27)17-6-9-20-25-11-19(10-24)28(20)13-17;2*1-2/h4-9,11,13-14H,12H2,1-3H3;2*1-2H3. The van der Waals surface area contributed by atoms with Crippen molar-refractivity contribution in [3.63, 3.8) is 0 Å². The van der Waals surface area contributed by atoms with Crippen LogP contribution in [0, 0.1) is 30.0 Å². The molecule has 0 aliphatic heterocycles. The number of hydrogen-bond donors (Lipinski definition) is 0. The Morgan fingerprint density at radius 2 is 1.62 bits per heavy atom. The Labute approximate surface area is 190 Å². The molecule has 0 aliphatic carbocycles. The van der Waals surface area contributed by atoms with Crippen LogP contribution in [0.15, 0.2) is 48.8 Å². The predicted molar refractivity (Wildman–Crippen MR) is 129 cm³/mol. The maximum atomic E-state index is 13.4. The van der Waals surface area contributed by atoms with Gasteiger partial charge >= 0.3 is 0 Å². The molecule has 5 nitrogen and oxygen atoms in total. The minimum atomic E-state index is -0.276. The largest absolute Gasteiger partial charge is 0.327 e. The molecule has 0 saturated heterocycles. The van der Waals surface area contributed by atoms with Crippen molar-refractivity contribution < 1.29 is 4.39 Å². The van der Waals surface area contributed by atoms with Gasteiger partial charge in [0.25, 0.3) is 0 Å². The molecule has 0 fully saturated rings. The van der Waals surface area contributed by atoms with E-state index < -0.39 is 0 Å². The summed E-state index contributed by atoms with van der Waals surface area (Å²) < 4.78 is 17.4. The minimum Gasteiger partial charge on any atom is -0.327 e. The molecule has 32 heavy (non-hydrogen) atoms. The van der Waals surface area contributed by atoms with Crippen LogP contribution in [0.1, 0.15) is 53.1 Å². The van der Waals surface area contributed by atoms with E-state index in [2.05, 4.69) is 29.5 Å². The summed E-state index contributed by atoms with van der Waals surface area (Å²) in [6, 6.07) is 12.4. The van der Waals surface area contributed by atoms with Crippen molar-refractivity contribution in [1.82, 2.24) is 18.9 Å². The van der Waals surface area contributed by atoms with E-state index in [0.29, 0.717) is 11.6 Å². The molecule has 4 aromatic rings. The number of nitriles is 1. The fraction of sp³-hybridized carbons (Fsp3) is 0.346. The number of aryl methyl sites for hydroxylation is 1. The second kappa shape index (κ2) is 11.2. The fourth-order valence-electron chi connectivity index (χ4n) is 3.46. The molecule has 0 spiro atoms. The number of benzene rings is 1. The first-order valence-electron chi connectivity index (χ1n) is 11.2. The van der Waals surface area contributed by atoms with Gasteiger partial charge in [0.2, 0.25) is 0 Å². The molecule has 168 valence electrons. The highest BCUT2D eigenvalue weighted by Crippen LogP contribution is 2.34. The lowest BCUT2D eigenvalue weighted by atomic mass is 10.1.